The third kappa shape index (κ3) is 5.29. The quantitative estimate of drug-likeness (QED) is 0.517. The Morgan fingerprint density at radius 2 is 1.84 bits per heavy atom. The number of benzene rings is 1. The molecule has 1 fully saturated rings. The van der Waals surface area contributed by atoms with Crippen LogP contribution in [0.15, 0.2) is 24.3 Å². The summed E-state index contributed by atoms with van der Waals surface area (Å²) in [7, 11) is -0.164. The Balaban J connectivity index is 1.86. The van der Waals surface area contributed by atoms with E-state index in [0.717, 1.165) is 5.56 Å². The molecule has 1 aliphatic heterocycles. The van der Waals surface area contributed by atoms with E-state index in [9.17, 15) is 19.6 Å². The zero-order valence-electron chi connectivity index (χ0n) is 14.7. The van der Waals surface area contributed by atoms with Crippen LogP contribution in [0, 0.1) is 5.92 Å². The van der Waals surface area contributed by atoms with Gasteiger partial charge in [-0.15, -0.1) is 0 Å². The number of hydrogen-bond donors (Lipinski definition) is 2. The molecule has 1 aliphatic rings. The van der Waals surface area contributed by atoms with Gasteiger partial charge in [-0.25, -0.2) is 0 Å². The molecule has 0 bridgehead atoms. The van der Waals surface area contributed by atoms with Crippen LogP contribution >= 0.6 is 0 Å². The van der Waals surface area contributed by atoms with Gasteiger partial charge in [-0.05, 0) is 11.0 Å². The highest BCUT2D eigenvalue weighted by Gasteiger charge is 2.25. The molecule has 1 saturated heterocycles. The minimum absolute atomic E-state index is 0.0382. The predicted molar refractivity (Wildman–Crippen MR) is 93.9 cm³/mol. The molecule has 0 aliphatic carbocycles. The number of rotatable bonds is 6. The molecule has 0 radical (unpaired) electrons. The van der Waals surface area contributed by atoms with Crippen LogP contribution in [0.1, 0.15) is 18.9 Å². The second-order valence-electron chi connectivity index (χ2n) is 6.36. The van der Waals surface area contributed by atoms with Crippen molar-refractivity contribution in [3.8, 4) is 0 Å². The van der Waals surface area contributed by atoms with E-state index in [1.807, 2.05) is 12.1 Å². The summed E-state index contributed by atoms with van der Waals surface area (Å²) in [6.07, 6.45) is 0.159. The minimum atomic E-state index is -1.49. The Hall–Kier alpha value is -1.90. The summed E-state index contributed by atoms with van der Waals surface area (Å²) in [5.74, 6) is -0.844. The number of esters is 1. The summed E-state index contributed by atoms with van der Waals surface area (Å²) in [4.78, 5) is 27.6. The van der Waals surface area contributed by atoms with E-state index in [4.69, 9.17) is 0 Å². The largest absolute Gasteiger partial charge is 0.488 e. The van der Waals surface area contributed by atoms with E-state index in [1.165, 1.54) is 7.11 Å². The monoisotopic (exact) mass is 348 g/mol. The van der Waals surface area contributed by atoms with Gasteiger partial charge in [-0.3, -0.25) is 14.5 Å². The normalized spacial score (nSPS) is 16.4. The van der Waals surface area contributed by atoms with Gasteiger partial charge < -0.3 is 19.7 Å². The van der Waals surface area contributed by atoms with Crippen molar-refractivity contribution in [3.63, 3.8) is 0 Å². The second kappa shape index (κ2) is 8.98. The topological polar surface area (TPSA) is 90.3 Å². The fourth-order valence-electron chi connectivity index (χ4n) is 3.00. The van der Waals surface area contributed by atoms with Gasteiger partial charge in [0.1, 0.15) is 0 Å². The smallest absolute Gasteiger partial charge is 0.469 e. The molecule has 1 amide bonds. The zero-order valence-corrected chi connectivity index (χ0v) is 14.7. The number of nitrogens with zero attached hydrogens (tertiary/aromatic N) is 2. The van der Waals surface area contributed by atoms with Gasteiger partial charge in [0.05, 0.1) is 13.0 Å². The van der Waals surface area contributed by atoms with E-state index in [0.29, 0.717) is 38.2 Å². The number of methoxy groups -OCH3 is 1. The molecule has 2 N–H and O–H groups in total. The predicted octanol–water partition coefficient (Wildman–Crippen LogP) is -0.790. The standard InChI is InChI=1S/C17H25BN2O5/c1-13(17(22)25-2)11-16(21)20-9-7-19(8-10-20)12-14-5-3-4-6-15(14)18(23)24/h3-6,13,23-24H,7-12H2,1-2H3. The maximum absolute atomic E-state index is 12.3. The number of amides is 1. The van der Waals surface area contributed by atoms with Crippen molar-refractivity contribution in [1.82, 2.24) is 9.80 Å². The van der Waals surface area contributed by atoms with Crippen molar-refractivity contribution in [1.29, 1.82) is 0 Å². The lowest BCUT2D eigenvalue weighted by Crippen LogP contribution is -2.49. The molecule has 8 heteroatoms. The van der Waals surface area contributed by atoms with Crippen LogP contribution in [0.2, 0.25) is 0 Å². The third-order valence-electron chi connectivity index (χ3n) is 4.54. The fourth-order valence-corrected chi connectivity index (χ4v) is 3.00. The molecular weight excluding hydrogens is 323 g/mol. The highest BCUT2D eigenvalue weighted by molar-refractivity contribution is 6.59. The molecule has 1 unspecified atom stereocenters. The van der Waals surface area contributed by atoms with Crippen molar-refractivity contribution < 1.29 is 24.4 Å². The highest BCUT2D eigenvalue weighted by Crippen LogP contribution is 2.12. The first kappa shape index (κ1) is 19.4. The average Bonchev–Trinajstić information content (AvgIpc) is 2.61. The van der Waals surface area contributed by atoms with Gasteiger partial charge in [-0.1, -0.05) is 31.2 Å². The number of carbonyl (C=O) groups is 2. The maximum atomic E-state index is 12.3. The molecule has 1 aromatic rings. The number of piperazine rings is 1. The van der Waals surface area contributed by atoms with Gasteiger partial charge in [-0.2, -0.15) is 0 Å². The van der Waals surface area contributed by atoms with Crippen LogP contribution in [0.3, 0.4) is 0 Å². The Kier molecular flexibility index (Phi) is 6.98. The molecule has 7 nitrogen and oxygen atoms in total. The van der Waals surface area contributed by atoms with Crippen molar-refractivity contribution in [2.75, 3.05) is 33.3 Å². The van der Waals surface area contributed by atoms with Crippen molar-refractivity contribution in [2.24, 2.45) is 5.92 Å². The molecule has 1 aromatic carbocycles. The van der Waals surface area contributed by atoms with Gasteiger partial charge in [0, 0.05) is 39.1 Å². The lowest BCUT2D eigenvalue weighted by atomic mass is 9.77. The molecule has 25 heavy (non-hydrogen) atoms. The molecule has 0 saturated carbocycles. The average molecular weight is 348 g/mol. The Labute approximate surface area is 148 Å². The molecule has 2 rings (SSSR count). The maximum Gasteiger partial charge on any atom is 0.488 e. The summed E-state index contributed by atoms with van der Waals surface area (Å²) in [5.41, 5.74) is 1.38. The van der Waals surface area contributed by atoms with Crippen LogP contribution in [0.5, 0.6) is 0 Å². The summed E-state index contributed by atoms with van der Waals surface area (Å²) in [5, 5.41) is 18.9. The summed E-state index contributed by atoms with van der Waals surface area (Å²) in [6, 6.07) is 7.23. The van der Waals surface area contributed by atoms with E-state index < -0.39 is 13.0 Å². The number of ether oxygens (including phenoxy) is 1. The number of hydrogen-bond acceptors (Lipinski definition) is 6. The van der Waals surface area contributed by atoms with E-state index in [2.05, 4.69) is 9.64 Å². The summed E-state index contributed by atoms with van der Waals surface area (Å²) < 4.78 is 4.66. The van der Waals surface area contributed by atoms with E-state index in [-0.39, 0.29) is 18.3 Å². The molecule has 0 aromatic heterocycles. The zero-order chi connectivity index (χ0) is 18.4. The lowest BCUT2D eigenvalue weighted by Gasteiger charge is -2.35. The summed E-state index contributed by atoms with van der Waals surface area (Å²) in [6.45, 7) is 4.89. The lowest BCUT2D eigenvalue weighted by molar-refractivity contribution is -0.148. The molecule has 0 spiro atoms. The Morgan fingerprint density at radius 1 is 1.20 bits per heavy atom. The Bertz CT molecular complexity index is 602. The van der Waals surface area contributed by atoms with E-state index in [1.54, 1.807) is 24.0 Å². The van der Waals surface area contributed by atoms with Crippen LogP contribution < -0.4 is 5.46 Å². The highest BCUT2D eigenvalue weighted by atomic mass is 16.5. The van der Waals surface area contributed by atoms with Crippen LogP contribution in [0.4, 0.5) is 0 Å². The van der Waals surface area contributed by atoms with Gasteiger partial charge in [0.25, 0.3) is 0 Å². The van der Waals surface area contributed by atoms with E-state index >= 15 is 0 Å². The van der Waals surface area contributed by atoms with Crippen LogP contribution in [-0.4, -0.2) is 72.1 Å². The van der Waals surface area contributed by atoms with Crippen LogP contribution in [0.25, 0.3) is 0 Å². The van der Waals surface area contributed by atoms with Gasteiger partial charge in [0.2, 0.25) is 5.91 Å². The van der Waals surface area contributed by atoms with Crippen LogP contribution in [-0.2, 0) is 20.9 Å². The first-order valence-corrected chi connectivity index (χ1v) is 8.44. The Morgan fingerprint density at radius 3 is 2.44 bits per heavy atom. The SMILES string of the molecule is COC(=O)C(C)CC(=O)N1CCN(Cc2ccccc2B(O)O)CC1. The fraction of sp³-hybridized carbons (Fsp3) is 0.529. The third-order valence-corrected chi connectivity index (χ3v) is 4.54. The van der Waals surface area contributed by atoms with Gasteiger partial charge in [0.15, 0.2) is 0 Å². The molecule has 136 valence electrons. The molecule has 1 atom stereocenters. The molecular formula is C17H25BN2O5. The van der Waals surface area contributed by atoms with Crippen molar-refractivity contribution in [2.45, 2.75) is 19.9 Å². The first-order valence-electron chi connectivity index (χ1n) is 8.44. The minimum Gasteiger partial charge on any atom is -0.469 e. The molecule has 1 heterocycles. The van der Waals surface area contributed by atoms with Crippen molar-refractivity contribution >= 4 is 24.5 Å². The van der Waals surface area contributed by atoms with Crippen molar-refractivity contribution in [3.05, 3.63) is 29.8 Å². The summed E-state index contributed by atoms with van der Waals surface area (Å²) >= 11 is 0. The van der Waals surface area contributed by atoms with Gasteiger partial charge >= 0.3 is 13.1 Å². The first-order chi connectivity index (χ1) is 11.9. The number of carbonyl (C=O) groups excluding carboxylic acids is 2. The second-order valence-corrected chi connectivity index (χ2v) is 6.36.